The van der Waals surface area contributed by atoms with Gasteiger partial charge in [-0.05, 0) is 179 Å². The highest BCUT2D eigenvalue weighted by Gasteiger charge is 2.66. The zero-order chi connectivity index (χ0) is 24.6. The molecule has 0 spiro atoms. The molecule has 9 saturated carbocycles. The number of fused-ring (bicyclic) bond motifs is 24. The number of aliphatic hydroxyl groups excluding tert-OH is 1. The maximum atomic E-state index is 8.81. The van der Waals surface area contributed by atoms with E-state index >= 15 is 0 Å². The molecule has 0 heterocycles. The van der Waals surface area contributed by atoms with Gasteiger partial charge in [0.25, 0.3) is 0 Å². The van der Waals surface area contributed by atoms with Crippen molar-refractivity contribution >= 4 is 6.29 Å². The Morgan fingerprint density at radius 2 is 1.11 bits per heavy atom. The van der Waals surface area contributed by atoms with Gasteiger partial charge in [-0.2, -0.15) is 0 Å². The van der Waals surface area contributed by atoms with Crippen molar-refractivity contribution in [3.63, 3.8) is 0 Å². The van der Waals surface area contributed by atoms with E-state index in [2.05, 4.69) is 12.2 Å². The molecule has 0 aromatic carbocycles. The first-order chi connectivity index (χ1) is 17.7. The molecule has 0 radical (unpaired) electrons. The summed E-state index contributed by atoms with van der Waals surface area (Å²) in [6, 6.07) is 0. The monoisotopic (exact) mass is 498 g/mol. The number of carbonyl (C=O) groups excluding carboxylic acids is 1. The van der Waals surface area contributed by atoms with Crippen LogP contribution in [0.25, 0.3) is 0 Å². The van der Waals surface area contributed by atoms with Crippen LogP contribution in [0.1, 0.15) is 95.2 Å². The minimum Gasteiger partial charge on any atom is -0.397 e. The summed E-state index contributed by atoms with van der Waals surface area (Å²) in [6.07, 6.45) is 25.1. The first-order valence-corrected chi connectivity index (χ1v) is 16.4. The fourth-order valence-corrected chi connectivity index (χ4v) is 14.0. The first kappa shape index (κ1) is 24.4. The van der Waals surface area contributed by atoms with Gasteiger partial charge in [0.15, 0.2) is 0 Å². The summed E-state index contributed by atoms with van der Waals surface area (Å²) >= 11 is 0. The van der Waals surface area contributed by atoms with Crippen LogP contribution >= 0.6 is 0 Å². The van der Waals surface area contributed by atoms with E-state index in [4.69, 9.17) is 9.90 Å². The highest BCUT2D eigenvalue weighted by molar-refractivity contribution is 5.44. The van der Waals surface area contributed by atoms with Crippen molar-refractivity contribution in [1.29, 1.82) is 0 Å². The Hall–Kier alpha value is -0.630. The summed E-state index contributed by atoms with van der Waals surface area (Å²) in [5, 5.41) is 7.57. The summed E-state index contributed by atoms with van der Waals surface area (Å²) in [5.74, 6) is 19.0. The van der Waals surface area contributed by atoms with Crippen molar-refractivity contribution in [1.82, 2.24) is 0 Å². The van der Waals surface area contributed by atoms with E-state index in [1.807, 2.05) is 0 Å². The van der Waals surface area contributed by atoms with E-state index < -0.39 is 0 Å². The number of aliphatic hydroxyl groups is 1. The molecule has 10 rings (SSSR count). The molecule has 10 aliphatic rings. The molecule has 0 aromatic heterocycles. The molecule has 8 bridgehead atoms. The van der Waals surface area contributed by atoms with Crippen LogP contribution in [-0.2, 0) is 4.79 Å². The standard InChI is InChI=1S/C15H22.C15H20.C2H6O.C2H4O.3H2/c2*1-2-10-11(3-1)13-7-12(10)14-8-4-5-9(6-8)15(13)14;2*1-2-3;;;/h8-15H,1-7H2;1-2,8-15H,3-7H2;3H,2H2,1H3;2H,1H3;3*1H. The molecule has 10 aliphatic carbocycles. The van der Waals surface area contributed by atoms with Crippen LogP contribution in [0.5, 0.6) is 0 Å². The van der Waals surface area contributed by atoms with E-state index in [0.717, 1.165) is 30.0 Å². The summed E-state index contributed by atoms with van der Waals surface area (Å²) < 4.78 is 0. The Morgan fingerprint density at radius 1 is 0.694 bits per heavy atom. The van der Waals surface area contributed by atoms with Crippen LogP contribution in [0.3, 0.4) is 0 Å². The molecule has 9 fully saturated rings. The summed E-state index contributed by atoms with van der Waals surface area (Å²) in [7, 11) is 0. The van der Waals surface area contributed by atoms with Crippen LogP contribution in [0.2, 0.25) is 0 Å². The predicted octanol–water partition coefficient (Wildman–Crippen LogP) is 8.15. The molecular weight excluding hydrogens is 440 g/mol. The largest absolute Gasteiger partial charge is 0.397 e. The lowest BCUT2D eigenvalue weighted by Gasteiger charge is -2.40. The summed E-state index contributed by atoms with van der Waals surface area (Å²) in [6.45, 7) is 3.38. The number of hydrogen-bond acceptors (Lipinski definition) is 2. The lowest BCUT2D eigenvalue weighted by Crippen LogP contribution is -2.36. The van der Waals surface area contributed by atoms with E-state index in [-0.39, 0.29) is 10.9 Å². The lowest BCUT2D eigenvalue weighted by molar-refractivity contribution is -0.106. The zero-order valence-electron chi connectivity index (χ0n) is 23.0. The van der Waals surface area contributed by atoms with Gasteiger partial charge in [-0.1, -0.05) is 18.6 Å². The van der Waals surface area contributed by atoms with Crippen molar-refractivity contribution < 1.29 is 14.2 Å². The first-order valence-electron chi connectivity index (χ1n) is 16.4. The van der Waals surface area contributed by atoms with Gasteiger partial charge in [-0.3, -0.25) is 0 Å². The van der Waals surface area contributed by atoms with E-state index in [0.29, 0.717) is 0 Å². The average molecular weight is 499 g/mol. The molecule has 36 heavy (non-hydrogen) atoms. The van der Waals surface area contributed by atoms with Gasteiger partial charge >= 0.3 is 0 Å². The van der Waals surface area contributed by atoms with Gasteiger partial charge in [0.1, 0.15) is 6.29 Å². The van der Waals surface area contributed by atoms with Gasteiger partial charge in [0.05, 0.1) is 0 Å². The van der Waals surface area contributed by atoms with Gasteiger partial charge in [-0.25, -0.2) is 0 Å². The van der Waals surface area contributed by atoms with Crippen molar-refractivity contribution in [3.05, 3.63) is 12.2 Å². The molecule has 16 unspecified atom stereocenters. The molecule has 0 aromatic rings. The van der Waals surface area contributed by atoms with Crippen LogP contribution < -0.4 is 0 Å². The molecule has 2 nitrogen and oxygen atoms in total. The Balaban J connectivity index is 0.000000142. The van der Waals surface area contributed by atoms with Gasteiger partial charge in [-0.15, -0.1) is 0 Å². The molecule has 1 N–H and O–H groups in total. The number of hydrogen-bond donors (Lipinski definition) is 1. The van der Waals surface area contributed by atoms with E-state index in [1.165, 1.54) is 84.4 Å². The summed E-state index contributed by atoms with van der Waals surface area (Å²) in [4.78, 5) is 8.81. The number of allylic oxidation sites excluding steroid dienone is 2. The molecule has 2 heteroatoms. The van der Waals surface area contributed by atoms with Crippen LogP contribution in [0.4, 0.5) is 0 Å². The maximum absolute atomic E-state index is 8.81. The highest BCUT2D eigenvalue weighted by Crippen LogP contribution is 2.73. The van der Waals surface area contributed by atoms with Gasteiger partial charge < -0.3 is 9.90 Å². The van der Waals surface area contributed by atoms with Crippen molar-refractivity contribution in [2.75, 3.05) is 6.61 Å². The Bertz CT molecular complexity index is 827. The topological polar surface area (TPSA) is 37.3 Å². The molecule has 0 aliphatic heterocycles. The van der Waals surface area contributed by atoms with E-state index in [9.17, 15) is 0 Å². The zero-order valence-corrected chi connectivity index (χ0v) is 23.0. The molecule has 206 valence electrons. The lowest BCUT2D eigenvalue weighted by atomic mass is 9.64. The van der Waals surface area contributed by atoms with Crippen LogP contribution in [-0.4, -0.2) is 18.0 Å². The molecule has 16 atom stereocenters. The third-order valence-corrected chi connectivity index (χ3v) is 14.2. The summed E-state index contributed by atoms with van der Waals surface area (Å²) in [5.41, 5.74) is 0. The minimum absolute atomic E-state index is 0. The Kier molecular flexibility index (Phi) is 6.46. The SMILES string of the molecule is C1=CC2C(C1)C1CC2C2C3CCC(C3)C12.C1CC2C(C1)C1CC2C2C3CCC(C3)C12.CC=O.CCO.[HH].[HH].[HH]. The number of aldehydes is 1. The number of carbonyl (C=O) groups is 1. The molecule has 0 amide bonds. The third-order valence-electron chi connectivity index (χ3n) is 14.2. The van der Waals surface area contributed by atoms with Crippen LogP contribution in [0, 0.1) is 94.7 Å². The maximum Gasteiger partial charge on any atom is 0.116 e. The number of rotatable bonds is 0. The van der Waals surface area contributed by atoms with Crippen molar-refractivity contribution in [2.24, 2.45) is 94.7 Å². The van der Waals surface area contributed by atoms with E-state index in [1.54, 1.807) is 77.6 Å². The average Bonchev–Trinajstić information content (AvgIpc) is 3.72. The second-order valence-corrected chi connectivity index (χ2v) is 14.8. The highest BCUT2D eigenvalue weighted by atomic mass is 16.2. The van der Waals surface area contributed by atoms with Crippen molar-refractivity contribution in [2.45, 2.75) is 90.9 Å². The fraction of sp³-hybridized carbons (Fsp3) is 0.912. The van der Waals surface area contributed by atoms with Gasteiger partial charge in [0.2, 0.25) is 0 Å². The van der Waals surface area contributed by atoms with Crippen LogP contribution in [0.15, 0.2) is 12.2 Å². The normalized spacial score (nSPS) is 57.8. The second-order valence-electron chi connectivity index (χ2n) is 14.8. The second kappa shape index (κ2) is 9.53. The van der Waals surface area contributed by atoms with Crippen molar-refractivity contribution in [3.8, 4) is 0 Å². The smallest absolute Gasteiger partial charge is 0.116 e. The molecular formula is C34H58O2. The minimum atomic E-state index is 0. The third kappa shape index (κ3) is 3.40. The van der Waals surface area contributed by atoms with Gasteiger partial charge in [0, 0.05) is 10.9 Å². The molecule has 0 saturated heterocycles. The Labute approximate surface area is 224 Å². The predicted molar refractivity (Wildman–Crippen MR) is 151 cm³/mol. The Morgan fingerprint density at radius 3 is 1.61 bits per heavy atom. The quantitative estimate of drug-likeness (QED) is 0.208. The fourth-order valence-electron chi connectivity index (χ4n) is 14.0.